The molecule has 0 saturated heterocycles. The molecule has 8 nitrogen and oxygen atoms in total. The molecular formula is C27H42N4O4S. The van der Waals surface area contributed by atoms with Crippen LogP contribution in [0.15, 0.2) is 46.7 Å². The normalized spacial score (nSPS) is 11.9. The second-order valence-electron chi connectivity index (χ2n) is 8.89. The largest absolute Gasteiger partial charge is 0.351 e. The number of unbranched alkanes of at least 4 members (excludes halogenated alkanes) is 2. The summed E-state index contributed by atoms with van der Waals surface area (Å²) < 4.78 is 29.2. The molecule has 0 atom stereocenters. The number of hydrogen-bond donors (Lipinski definition) is 1. The van der Waals surface area contributed by atoms with Gasteiger partial charge < -0.3 is 14.8 Å². The fourth-order valence-electron chi connectivity index (χ4n) is 4.22. The van der Waals surface area contributed by atoms with Gasteiger partial charge in [0.1, 0.15) is 5.56 Å². The average Bonchev–Trinajstić information content (AvgIpc) is 2.87. The second kappa shape index (κ2) is 14.3. The molecule has 0 aliphatic carbocycles. The van der Waals surface area contributed by atoms with Crippen LogP contribution >= 0.6 is 0 Å². The number of amides is 1. The number of rotatable bonds is 16. The molecule has 1 heterocycles. The summed E-state index contributed by atoms with van der Waals surface area (Å²) in [5, 5.41) is 3.09. The van der Waals surface area contributed by atoms with E-state index < -0.39 is 21.4 Å². The first-order chi connectivity index (χ1) is 17.2. The average molecular weight is 519 g/mol. The smallest absolute Gasteiger partial charge is 0.256 e. The predicted octanol–water partition coefficient (Wildman–Crippen LogP) is 3.85. The van der Waals surface area contributed by atoms with Crippen LogP contribution in [0.4, 0.5) is 0 Å². The van der Waals surface area contributed by atoms with Gasteiger partial charge in [0.15, 0.2) is 0 Å². The van der Waals surface area contributed by atoms with E-state index in [1.807, 2.05) is 0 Å². The van der Waals surface area contributed by atoms with E-state index in [4.69, 9.17) is 0 Å². The van der Waals surface area contributed by atoms with Crippen LogP contribution in [0.25, 0.3) is 10.9 Å². The van der Waals surface area contributed by atoms with Crippen molar-refractivity contribution in [2.75, 3.05) is 39.3 Å². The molecule has 200 valence electrons. The Balaban J connectivity index is 2.39. The molecule has 0 saturated carbocycles. The van der Waals surface area contributed by atoms with Crippen molar-refractivity contribution in [2.45, 2.75) is 64.8 Å². The standard InChI is InChI=1S/C27H42N4O4S/c1-6-11-17-29(18-12-7-2)19-15-28-27(33)24-21-30(16-8-3)25-14-13-22(20-23(25)26(24)32)36(34,35)31(9-4)10-5/h8,13-14,20-21H,3,6-7,9-12,15-19H2,1-2,4-5H3,(H,28,33). The Kier molecular flexibility index (Phi) is 11.8. The molecule has 2 aromatic rings. The number of allylic oxidation sites excluding steroid dienone is 1. The molecule has 0 radical (unpaired) electrons. The van der Waals surface area contributed by atoms with Gasteiger partial charge in [-0.05, 0) is 44.1 Å². The Morgan fingerprint density at radius 1 is 1.06 bits per heavy atom. The van der Waals surface area contributed by atoms with Gasteiger partial charge in [0, 0.05) is 44.3 Å². The minimum Gasteiger partial charge on any atom is -0.351 e. The van der Waals surface area contributed by atoms with Crippen LogP contribution in [0.3, 0.4) is 0 Å². The third-order valence-electron chi connectivity index (χ3n) is 6.33. The van der Waals surface area contributed by atoms with Gasteiger partial charge in [-0.25, -0.2) is 8.42 Å². The number of pyridine rings is 1. The van der Waals surface area contributed by atoms with Gasteiger partial charge in [0.25, 0.3) is 5.91 Å². The van der Waals surface area contributed by atoms with Crippen molar-refractivity contribution in [3.63, 3.8) is 0 Å². The third kappa shape index (κ3) is 7.27. The van der Waals surface area contributed by atoms with Gasteiger partial charge in [-0.2, -0.15) is 4.31 Å². The molecule has 0 spiro atoms. The molecule has 1 amide bonds. The van der Waals surface area contributed by atoms with Crippen LogP contribution < -0.4 is 10.7 Å². The Morgan fingerprint density at radius 3 is 2.25 bits per heavy atom. The van der Waals surface area contributed by atoms with Gasteiger partial charge in [-0.3, -0.25) is 9.59 Å². The zero-order valence-corrected chi connectivity index (χ0v) is 23.1. The van der Waals surface area contributed by atoms with E-state index in [2.05, 4.69) is 30.6 Å². The summed E-state index contributed by atoms with van der Waals surface area (Å²) in [5.74, 6) is -0.456. The molecular weight excluding hydrogens is 476 g/mol. The Labute approximate surface area is 216 Å². The van der Waals surface area contributed by atoms with Crippen molar-refractivity contribution in [3.05, 3.63) is 52.8 Å². The molecule has 2 rings (SSSR count). The second-order valence-corrected chi connectivity index (χ2v) is 10.8. The van der Waals surface area contributed by atoms with Crippen molar-refractivity contribution in [3.8, 4) is 0 Å². The predicted molar refractivity (Wildman–Crippen MR) is 147 cm³/mol. The molecule has 0 bridgehead atoms. The molecule has 0 aliphatic heterocycles. The molecule has 1 aromatic heterocycles. The maximum absolute atomic E-state index is 13.4. The van der Waals surface area contributed by atoms with Crippen LogP contribution in [-0.2, 0) is 16.6 Å². The van der Waals surface area contributed by atoms with Gasteiger partial charge >= 0.3 is 0 Å². The van der Waals surface area contributed by atoms with E-state index in [1.54, 1.807) is 30.6 Å². The van der Waals surface area contributed by atoms with Gasteiger partial charge in [-0.1, -0.05) is 46.6 Å². The zero-order valence-electron chi connectivity index (χ0n) is 22.3. The lowest BCUT2D eigenvalue weighted by Gasteiger charge is -2.22. The summed E-state index contributed by atoms with van der Waals surface area (Å²) in [7, 11) is -3.75. The summed E-state index contributed by atoms with van der Waals surface area (Å²) in [6.45, 7) is 15.8. The monoisotopic (exact) mass is 518 g/mol. The van der Waals surface area contributed by atoms with E-state index in [1.165, 1.54) is 22.6 Å². The fourth-order valence-corrected chi connectivity index (χ4v) is 5.71. The quantitative estimate of drug-likeness (QED) is 0.341. The van der Waals surface area contributed by atoms with Crippen molar-refractivity contribution < 1.29 is 13.2 Å². The number of aromatic nitrogens is 1. The van der Waals surface area contributed by atoms with Crippen LogP contribution in [0.5, 0.6) is 0 Å². The van der Waals surface area contributed by atoms with Crippen LogP contribution in [0, 0.1) is 0 Å². The van der Waals surface area contributed by atoms with E-state index >= 15 is 0 Å². The summed E-state index contributed by atoms with van der Waals surface area (Å²) in [5.41, 5.74) is 0.0730. The highest BCUT2D eigenvalue weighted by Gasteiger charge is 2.23. The Bertz CT molecular complexity index is 1180. The van der Waals surface area contributed by atoms with E-state index in [9.17, 15) is 18.0 Å². The minimum atomic E-state index is -3.75. The number of fused-ring (bicyclic) bond motifs is 1. The number of nitrogens with zero attached hydrogens (tertiary/aromatic N) is 3. The van der Waals surface area contributed by atoms with Crippen LogP contribution in [0.1, 0.15) is 63.7 Å². The molecule has 36 heavy (non-hydrogen) atoms. The lowest BCUT2D eigenvalue weighted by atomic mass is 10.1. The van der Waals surface area contributed by atoms with Crippen molar-refractivity contribution in [1.82, 2.24) is 19.1 Å². The first kappa shape index (κ1) is 29.7. The molecule has 0 fully saturated rings. The number of carbonyl (C=O) groups excluding carboxylic acids is 1. The van der Waals surface area contributed by atoms with Crippen molar-refractivity contribution in [1.29, 1.82) is 0 Å². The van der Waals surface area contributed by atoms with E-state index in [0.29, 0.717) is 38.2 Å². The zero-order chi connectivity index (χ0) is 26.7. The number of nitrogens with one attached hydrogen (secondary N) is 1. The topological polar surface area (TPSA) is 91.7 Å². The highest BCUT2D eigenvalue weighted by atomic mass is 32.2. The van der Waals surface area contributed by atoms with Crippen molar-refractivity contribution >= 4 is 26.8 Å². The first-order valence-electron chi connectivity index (χ1n) is 13.0. The fraction of sp³-hybridized carbons (Fsp3) is 0.556. The van der Waals surface area contributed by atoms with E-state index in [-0.39, 0.29) is 15.8 Å². The summed E-state index contributed by atoms with van der Waals surface area (Å²) in [6.07, 6.45) is 7.64. The lowest BCUT2D eigenvalue weighted by molar-refractivity contribution is 0.0946. The number of sulfonamides is 1. The van der Waals surface area contributed by atoms with Crippen LogP contribution in [0.2, 0.25) is 0 Å². The van der Waals surface area contributed by atoms with Gasteiger partial charge in [0.2, 0.25) is 15.5 Å². The SMILES string of the molecule is C=CCn1cc(C(=O)NCCN(CCCC)CCCC)c(=O)c2cc(S(=O)(=O)N(CC)CC)ccc21. The number of carbonyl (C=O) groups is 1. The van der Waals surface area contributed by atoms with Crippen molar-refractivity contribution in [2.24, 2.45) is 0 Å². The molecule has 1 aromatic carbocycles. The molecule has 9 heteroatoms. The highest BCUT2D eigenvalue weighted by Crippen LogP contribution is 2.21. The Morgan fingerprint density at radius 2 is 1.69 bits per heavy atom. The van der Waals surface area contributed by atoms with Gasteiger partial charge in [0.05, 0.1) is 10.4 Å². The maximum atomic E-state index is 13.4. The molecule has 0 unspecified atom stereocenters. The third-order valence-corrected chi connectivity index (χ3v) is 8.38. The summed E-state index contributed by atoms with van der Waals surface area (Å²) >= 11 is 0. The van der Waals surface area contributed by atoms with E-state index in [0.717, 1.165) is 38.8 Å². The maximum Gasteiger partial charge on any atom is 0.256 e. The lowest BCUT2D eigenvalue weighted by Crippen LogP contribution is -2.37. The van der Waals surface area contributed by atoms with Crippen LogP contribution in [-0.4, -0.2) is 67.4 Å². The first-order valence-corrected chi connectivity index (χ1v) is 14.5. The number of hydrogen-bond acceptors (Lipinski definition) is 5. The Hall–Kier alpha value is -2.49. The number of benzene rings is 1. The summed E-state index contributed by atoms with van der Waals surface area (Å²) in [4.78, 5) is 28.8. The van der Waals surface area contributed by atoms with Gasteiger partial charge in [-0.15, -0.1) is 6.58 Å². The summed E-state index contributed by atoms with van der Waals surface area (Å²) in [6, 6.07) is 4.52. The molecule has 0 aliphatic rings. The highest BCUT2D eigenvalue weighted by molar-refractivity contribution is 7.89. The molecule has 1 N–H and O–H groups in total. The minimum absolute atomic E-state index is 0.00426.